The van der Waals surface area contributed by atoms with E-state index in [0.29, 0.717) is 5.92 Å². The largest absolute Gasteiger partial charge is 0.472 e. The lowest BCUT2D eigenvalue weighted by atomic mass is 9.79. The van der Waals surface area contributed by atoms with Gasteiger partial charge in [-0.05, 0) is 24.8 Å². The average molecular weight is 152 g/mol. The van der Waals surface area contributed by atoms with Crippen LogP contribution in [0.2, 0.25) is 0 Å². The van der Waals surface area contributed by atoms with Gasteiger partial charge < -0.3 is 9.52 Å². The summed E-state index contributed by atoms with van der Waals surface area (Å²) in [6.45, 7) is 0. The van der Waals surface area contributed by atoms with Crippen molar-refractivity contribution in [1.29, 1.82) is 0 Å². The van der Waals surface area contributed by atoms with Crippen molar-refractivity contribution in [3.8, 4) is 0 Å². The summed E-state index contributed by atoms with van der Waals surface area (Å²) in [7, 11) is 0. The lowest BCUT2D eigenvalue weighted by Gasteiger charge is -2.29. The molecule has 2 nitrogen and oxygen atoms in total. The number of rotatable bonds is 2. The minimum absolute atomic E-state index is 0.289. The highest BCUT2D eigenvalue weighted by molar-refractivity contribution is 5.11. The summed E-state index contributed by atoms with van der Waals surface area (Å²) in [6, 6.07) is 1.84. The molecule has 1 aliphatic carbocycles. The highest BCUT2D eigenvalue weighted by Crippen LogP contribution is 2.37. The van der Waals surface area contributed by atoms with Crippen LogP contribution in [0, 0.1) is 5.92 Å². The van der Waals surface area contributed by atoms with Crippen molar-refractivity contribution in [2.24, 2.45) is 5.92 Å². The fraction of sp³-hybridized carbons (Fsp3) is 0.556. The Bertz CT molecular complexity index is 211. The van der Waals surface area contributed by atoms with E-state index in [1.54, 1.807) is 12.5 Å². The molecule has 1 aromatic rings. The zero-order valence-electron chi connectivity index (χ0n) is 6.36. The van der Waals surface area contributed by atoms with E-state index in [-0.39, 0.29) is 6.10 Å². The molecule has 2 heteroatoms. The van der Waals surface area contributed by atoms with Crippen LogP contribution in [0.3, 0.4) is 0 Å². The monoisotopic (exact) mass is 152 g/mol. The van der Waals surface area contributed by atoms with Gasteiger partial charge in [-0.1, -0.05) is 6.42 Å². The minimum Gasteiger partial charge on any atom is -0.472 e. The van der Waals surface area contributed by atoms with E-state index in [1.807, 2.05) is 6.07 Å². The summed E-state index contributed by atoms with van der Waals surface area (Å²) >= 11 is 0. The van der Waals surface area contributed by atoms with Crippen LogP contribution in [-0.4, -0.2) is 5.11 Å². The van der Waals surface area contributed by atoms with Crippen LogP contribution in [0.15, 0.2) is 23.0 Å². The molecule has 0 bridgehead atoms. The Labute approximate surface area is 65.8 Å². The molecule has 0 spiro atoms. The van der Waals surface area contributed by atoms with Crippen molar-refractivity contribution in [2.75, 3.05) is 0 Å². The van der Waals surface area contributed by atoms with Gasteiger partial charge >= 0.3 is 0 Å². The smallest absolute Gasteiger partial charge is 0.0960 e. The molecule has 11 heavy (non-hydrogen) atoms. The fourth-order valence-corrected chi connectivity index (χ4v) is 1.47. The Kier molecular flexibility index (Phi) is 1.70. The Morgan fingerprint density at radius 3 is 2.82 bits per heavy atom. The van der Waals surface area contributed by atoms with Crippen molar-refractivity contribution in [1.82, 2.24) is 0 Å². The van der Waals surface area contributed by atoms with Crippen molar-refractivity contribution in [2.45, 2.75) is 25.4 Å². The van der Waals surface area contributed by atoms with Gasteiger partial charge in [0.15, 0.2) is 0 Å². The maximum atomic E-state index is 9.67. The molecule has 1 atom stereocenters. The molecule has 1 saturated carbocycles. The van der Waals surface area contributed by atoms with Crippen molar-refractivity contribution >= 4 is 0 Å². The first-order valence-electron chi connectivity index (χ1n) is 4.08. The van der Waals surface area contributed by atoms with Gasteiger partial charge in [0, 0.05) is 5.56 Å². The molecule has 0 saturated heterocycles. The first kappa shape index (κ1) is 6.92. The fourth-order valence-electron chi connectivity index (χ4n) is 1.47. The normalized spacial score (nSPS) is 21.2. The van der Waals surface area contributed by atoms with Gasteiger partial charge in [0.2, 0.25) is 0 Å². The predicted molar refractivity (Wildman–Crippen MR) is 41.0 cm³/mol. The number of hydrogen-bond donors (Lipinski definition) is 1. The van der Waals surface area contributed by atoms with Crippen LogP contribution < -0.4 is 0 Å². The summed E-state index contributed by atoms with van der Waals surface area (Å²) in [5.74, 6) is 0.479. The maximum Gasteiger partial charge on any atom is 0.0960 e. The Hall–Kier alpha value is -0.760. The molecular formula is C9H12O2. The molecule has 1 N–H and O–H groups in total. The van der Waals surface area contributed by atoms with E-state index < -0.39 is 0 Å². The van der Waals surface area contributed by atoms with Crippen molar-refractivity contribution in [3.05, 3.63) is 24.2 Å². The number of furan rings is 1. The summed E-state index contributed by atoms with van der Waals surface area (Å²) in [4.78, 5) is 0. The highest BCUT2D eigenvalue weighted by Gasteiger charge is 2.26. The van der Waals surface area contributed by atoms with Gasteiger partial charge in [-0.25, -0.2) is 0 Å². The van der Waals surface area contributed by atoms with Crippen LogP contribution >= 0.6 is 0 Å². The van der Waals surface area contributed by atoms with Gasteiger partial charge in [-0.2, -0.15) is 0 Å². The molecule has 1 aromatic heterocycles. The first-order chi connectivity index (χ1) is 5.38. The summed E-state index contributed by atoms with van der Waals surface area (Å²) < 4.78 is 4.89. The quantitative estimate of drug-likeness (QED) is 0.704. The van der Waals surface area contributed by atoms with Crippen LogP contribution in [0.1, 0.15) is 30.9 Å². The third kappa shape index (κ3) is 1.18. The van der Waals surface area contributed by atoms with Crippen molar-refractivity contribution < 1.29 is 9.52 Å². The van der Waals surface area contributed by atoms with Crippen LogP contribution in [-0.2, 0) is 0 Å². The Balaban J connectivity index is 2.04. The van der Waals surface area contributed by atoms with Crippen LogP contribution in [0.5, 0.6) is 0 Å². The van der Waals surface area contributed by atoms with Gasteiger partial charge in [0.25, 0.3) is 0 Å². The predicted octanol–water partition coefficient (Wildman–Crippen LogP) is 2.11. The highest BCUT2D eigenvalue weighted by atomic mass is 16.3. The molecule has 60 valence electrons. The molecule has 1 fully saturated rings. The SMILES string of the molecule is OC(c1ccoc1)C1CCC1. The van der Waals surface area contributed by atoms with Gasteiger partial charge in [0.1, 0.15) is 0 Å². The summed E-state index contributed by atoms with van der Waals surface area (Å²) in [5, 5.41) is 9.67. The Morgan fingerprint density at radius 1 is 1.55 bits per heavy atom. The van der Waals surface area contributed by atoms with Crippen LogP contribution in [0.25, 0.3) is 0 Å². The number of hydrogen-bond acceptors (Lipinski definition) is 2. The van der Waals surface area contributed by atoms with Gasteiger partial charge in [-0.15, -0.1) is 0 Å². The minimum atomic E-state index is -0.289. The maximum absolute atomic E-state index is 9.67. The summed E-state index contributed by atoms with van der Waals surface area (Å²) in [5.41, 5.74) is 0.926. The molecule has 0 amide bonds. The second-order valence-electron chi connectivity index (χ2n) is 3.19. The zero-order chi connectivity index (χ0) is 7.68. The van der Waals surface area contributed by atoms with E-state index in [9.17, 15) is 5.11 Å². The molecule has 0 radical (unpaired) electrons. The van der Waals surface area contributed by atoms with E-state index in [0.717, 1.165) is 18.4 Å². The number of aliphatic hydroxyl groups excluding tert-OH is 1. The molecule has 1 heterocycles. The Morgan fingerprint density at radius 2 is 2.36 bits per heavy atom. The van der Waals surface area contributed by atoms with E-state index in [4.69, 9.17) is 4.42 Å². The summed E-state index contributed by atoms with van der Waals surface area (Å²) in [6.07, 6.45) is 6.53. The number of aliphatic hydroxyl groups is 1. The first-order valence-corrected chi connectivity index (χ1v) is 4.08. The topological polar surface area (TPSA) is 33.4 Å². The van der Waals surface area contributed by atoms with Crippen molar-refractivity contribution in [3.63, 3.8) is 0 Å². The van der Waals surface area contributed by atoms with E-state index in [1.165, 1.54) is 6.42 Å². The molecule has 0 aromatic carbocycles. The van der Waals surface area contributed by atoms with E-state index in [2.05, 4.69) is 0 Å². The van der Waals surface area contributed by atoms with Gasteiger partial charge in [0.05, 0.1) is 18.6 Å². The molecule has 0 aliphatic heterocycles. The third-order valence-electron chi connectivity index (χ3n) is 2.48. The third-order valence-corrected chi connectivity index (χ3v) is 2.48. The molecule has 2 rings (SSSR count). The molecule has 1 aliphatic rings. The second kappa shape index (κ2) is 2.70. The average Bonchev–Trinajstić information content (AvgIpc) is 2.32. The lowest BCUT2D eigenvalue weighted by molar-refractivity contribution is 0.0616. The van der Waals surface area contributed by atoms with E-state index >= 15 is 0 Å². The lowest BCUT2D eigenvalue weighted by Crippen LogP contribution is -2.19. The van der Waals surface area contributed by atoms with Crippen LogP contribution in [0.4, 0.5) is 0 Å². The van der Waals surface area contributed by atoms with Gasteiger partial charge in [-0.3, -0.25) is 0 Å². The molecular weight excluding hydrogens is 140 g/mol. The zero-order valence-corrected chi connectivity index (χ0v) is 6.36. The molecule has 1 unspecified atom stereocenters. The second-order valence-corrected chi connectivity index (χ2v) is 3.19. The standard InChI is InChI=1S/C9H12O2/c10-9(7-2-1-3-7)8-4-5-11-6-8/h4-7,9-10H,1-3H2.